The number of H-pyrrole nitrogens is 1. The lowest BCUT2D eigenvalue weighted by Gasteiger charge is -2.27. The van der Waals surface area contributed by atoms with Gasteiger partial charge in [0.1, 0.15) is 19.0 Å². The summed E-state index contributed by atoms with van der Waals surface area (Å²) in [6, 6.07) is 9.60. The maximum atomic E-state index is 12.4. The van der Waals surface area contributed by atoms with E-state index in [9.17, 15) is 9.90 Å². The molecular formula is C18H21N5O3. The van der Waals surface area contributed by atoms with Crippen molar-refractivity contribution in [3.63, 3.8) is 0 Å². The molecule has 4 rings (SSSR count). The second-order valence-electron chi connectivity index (χ2n) is 6.47. The van der Waals surface area contributed by atoms with Crippen molar-refractivity contribution >= 4 is 16.9 Å². The number of amides is 1. The molecule has 1 aliphatic rings. The van der Waals surface area contributed by atoms with E-state index in [0.717, 1.165) is 16.7 Å². The van der Waals surface area contributed by atoms with Crippen molar-refractivity contribution in [3.8, 4) is 0 Å². The smallest absolute Gasteiger partial charge is 0.249 e. The number of aliphatic hydroxyl groups excluding tert-OH is 1. The maximum absolute atomic E-state index is 12.4. The van der Waals surface area contributed by atoms with Crippen LogP contribution in [0.5, 0.6) is 0 Å². The van der Waals surface area contributed by atoms with Gasteiger partial charge in [0.25, 0.3) is 0 Å². The molecule has 8 heteroatoms. The van der Waals surface area contributed by atoms with Crippen LogP contribution in [0, 0.1) is 0 Å². The molecule has 136 valence electrons. The second kappa shape index (κ2) is 6.89. The lowest BCUT2D eigenvalue weighted by molar-refractivity contribution is -0.138. The van der Waals surface area contributed by atoms with E-state index >= 15 is 0 Å². The first-order valence-corrected chi connectivity index (χ1v) is 8.64. The zero-order chi connectivity index (χ0) is 18.1. The van der Waals surface area contributed by atoms with Gasteiger partial charge in [-0.25, -0.2) is 4.98 Å². The monoisotopic (exact) mass is 355 g/mol. The number of hydrogen-bond donors (Lipinski definition) is 2. The number of nitrogens with zero attached hydrogens (tertiary/aromatic N) is 4. The van der Waals surface area contributed by atoms with Gasteiger partial charge in [-0.2, -0.15) is 5.10 Å². The molecule has 1 aliphatic heterocycles. The van der Waals surface area contributed by atoms with Crippen LogP contribution < -0.4 is 0 Å². The Labute approximate surface area is 150 Å². The fourth-order valence-electron chi connectivity index (χ4n) is 3.11. The van der Waals surface area contributed by atoms with E-state index in [-0.39, 0.29) is 19.1 Å². The average molecular weight is 355 g/mol. The lowest BCUT2D eigenvalue weighted by atomic mass is 10.2. The highest BCUT2D eigenvalue weighted by Crippen LogP contribution is 2.18. The highest BCUT2D eigenvalue weighted by Gasteiger charge is 2.23. The lowest BCUT2D eigenvalue weighted by Crippen LogP contribution is -2.40. The number of imidazole rings is 1. The predicted molar refractivity (Wildman–Crippen MR) is 94.0 cm³/mol. The van der Waals surface area contributed by atoms with Gasteiger partial charge in [-0.05, 0) is 25.1 Å². The number of benzene rings is 1. The number of fused-ring (bicyclic) bond motifs is 2. The molecule has 0 bridgehead atoms. The van der Waals surface area contributed by atoms with E-state index < -0.39 is 6.10 Å². The summed E-state index contributed by atoms with van der Waals surface area (Å²) in [4.78, 5) is 21.8. The number of carbonyl (C=O) groups excluding carboxylic acids is 1. The molecule has 0 unspecified atom stereocenters. The van der Waals surface area contributed by atoms with Crippen LogP contribution in [0.25, 0.3) is 11.0 Å². The Kier molecular flexibility index (Phi) is 4.44. The van der Waals surface area contributed by atoms with E-state index in [2.05, 4.69) is 15.1 Å². The predicted octanol–water partition coefficient (Wildman–Crippen LogP) is 1.37. The summed E-state index contributed by atoms with van der Waals surface area (Å²) in [6.07, 6.45) is -0.607. The summed E-state index contributed by atoms with van der Waals surface area (Å²) >= 11 is 0. The number of hydrogen-bond acceptors (Lipinski definition) is 5. The molecule has 3 heterocycles. The van der Waals surface area contributed by atoms with E-state index in [1.807, 2.05) is 35.0 Å². The molecule has 2 aromatic heterocycles. The van der Waals surface area contributed by atoms with Gasteiger partial charge in [-0.1, -0.05) is 12.1 Å². The molecule has 0 spiro atoms. The molecule has 0 aliphatic carbocycles. The van der Waals surface area contributed by atoms with Crippen molar-refractivity contribution in [3.05, 3.63) is 47.5 Å². The van der Waals surface area contributed by atoms with Crippen molar-refractivity contribution in [2.75, 3.05) is 13.2 Å². The fourth-order valence-corrected chi connectivity index (χ4v) is 3.11. The maximum Gasteiger partial charge on any atom is 0.249 e. The van der Waals surface area contributed by atoms with Gasteiger partial charge in [0.15, 0.2) is 0 Å². The quantitative estimate of drug-likeness (QED) is 0.721. The molecule has 1 aromatic carbocycles. The Morgan fingerprint density at radius 1 is 1.38 bits per heavy atom. The topological polar surface area (TPSA) is 96.3 Å². The van der Waals surface area contributed by atoms with Gasteiger partial charge in [0.2, 0.25) is 5.91 Å². The SMILES string of the molecule is C[C@@H](O)c1cc2n(n1)CCN(C(=O)COCc1nc3ccccc3[nH]1)C2. The molecular weight excluding hydrogens is 334 g/mol. The molecule has 0 saturated carbocycles. The van der Waals surface area contributed by atoms with Crippen LogP contribution in [0.3, 0.4) is 0 Å². The standard InChI is InChI=1S/C18H21N5O3/c1-12(24)16-8-13-9-22(6-7-23(13)21-16)18(25)11-26-10-17-19-14-4-2-3-5-15(14)20-17/h2-5,8,12,24H,6-7,9-11H2,1H3,(H,19,20)/t12-/m1/s1. The van der Waals surface area contributed by atoms with Gasteiger partial charge in [0.05, 0.1) is 41.6 Å². The minimum Gasteiger partial charge on any atom is -0.387 e. The Balaban J connectivity index is 1.32. The van der Waals surface area contributed by atoms with Crippen molar-refractivity contribution in [2.24, 2.45) is 0 Å². The van der Waals surface area contributed by atoms with Gasteiger partial charge in [-0.15, -0.1) is 0 Å². The highest BCUT2D eigenvalue weighted by atomic mass is 16.5. The normalized spacial score (nSPS) is 15.2. The molecule has 8 nitrogen and oxygen atoms in total. The van der Waals surface area contributed by atoms with Gasteiger partial charge < -0.3 is 19.7 Å². The Hall–Kier alpha value is -2.71. The Morgan fingerprint density at radius 2 is 2.23 bits per heavy atom. The van der Waals surface area contributed by atoms with Crippen LogP contribution in [0.4, 0.5) is 0 Å². The number of ether oxygens (including phenoxy) is 1. The van der Waals surface area contributed by atoms with Crippen LogP contribution in [0.15, 0.2) is 30.3 Å². The molecule has 0 fully saturated rings. The number of aromatic nitrogens is 4. The van der Waals surface area contributed by atoms with Crippen LogP contribution in [-0.4, -0.2) is 48.8 Å². The first-order valence-electron chi connectivity index (χ1n) is 8.64. The summed E-state index contributed by atoms with van der Waals surface area (Å²) in [5, 5.41) is 14.0. The Morgan fingerprint density at radius 3 is 3.04 bits per heavy atom. The zero-order valence-corrected chi connectivity index (χ0v) is 14.6. The summed E-state index contributed by atoms with van der Waals surface area (Å²) in [5.41, 5.74) is 3.40. The highest BCUT2D eigenvalue weighted by molar-refractivity contribution is 5.77. The largest absolute Gasteiger partial charge is 0.387 e. The fraction of sp³-hybridized carbons (Fsp3) is 0.389. The molecule has 1 amide bonds. The number of para-hydroxylation sites is 2. The van der Waals surface area contributed by atoms with E-state index in [4.69, 9.17) is 4.74 Å². The minimum absolute atomic E-state index is 0.00838. The number of nitrogens with one attached hydrogen (secondary N) is 1. The Bertz CT molecular complexity index is 897. The van der Waals surface area contributed by atoms with Gasteiger partial charge >= 0.3 is 0 Å². The number of rotatable bonds is 5. The van der Waals surface area contributed by atoms with Crippen molar-refractivity contribution in [1.82, 2.24) is 24.6 Å². The third kappa shape index (κ3) is 3.33. The first-order chi connectivity index (χ1) is 12.6. The van der Waals surface area contributed by atoms with Crippen LogP contribution in [0.2, 0.25) is 0 Å². The molecule has 26 heavy (non-hydrogen) atoms. The molecule has 0 radical (unpaired) electrons. The minimum atomic E-state index is -0.607. The molecule has 0 saturated heterocycles. The van der Waals surface area contributed by atoms with Gasteiger partial charge in [0, 0.05) is 6.54 Å². The molecule has 1 atom stereocenters. The van der Waals surface area contributed by atoms with Crippen molar-refractivity contribution in [2.45, 2.75) is 32.7 Å². The average Bonchev–Trinajstić information content (AvgIpc) is 3.24. The van der Waals surface area contributed by atoms with Crippen molar-refractivity contribution in [1.29, 1.82) is 0 Å². The third-order valence-electron chi connectivity index (χ3n) is 4.50. The van der Waals surface area contributed by atoms with Crippen LogP contribution in [0.1, 0.15) is 30.2 Å². The number of carbonyl (C=O) groups is 1. The van der Waals surface area contributed by atoms with E-state index in [0.29, 0.717) is 31.2 Å². The third-order valence-corrected chi connectivity index (χ3v) is 4.50. The second-order valence-corrected chi connectivity index (χ2v) is 6.47. The van der Waals surface area contributed by atoms with Crippen LogP contribution in [-0.2, 0) is 29.2 Å². The van der Waals surface area contributed by atoms with Crippen LogP contribution >= 0.6 is 0 Å². The molecule has 3 aromatic rings. The number of aromatic amines is 1. The summed E-state index contributed by atoms with van der Waals surface area (Å²) in [5.74, 6) is 0.643. The van der Waals surface area contributed by atoms with E-state index in [1.165, 1.54) is 0 Å². The van der Waals surface area contributed by atoms with Crippen molar-refractivity contribution < 1.29 is 14.6 Å². The van der Waals surface area contributed by atoms with E-state index in [1.54, 1.807) is 11.8 Å². The molecule has 2 N–H and O–H groups in total. The summed E-state index contributed by atoms with van der Waals surface area (Å²) in [6.45, 7) is 3.64. The summed E-state index contributed by atoms with van der Waals surface area (Å²) in [7, 11) is 0. The first kappa shape index (κ1) is 16.7. The summed E-state index contributed by atoms with van der Waals surface area (Å²) < 4.78 is 7.40. The number of aliphatic hydroxyl groups is 1. The zero-order valence-electron chi connectivity index (χ0n) is 14.6. The van der Waals surface area contributed by atoms with Gasteiger partial charge in [-0.3, -0.25) is 9.48 Å².